The summed E-state index contributed by atoms with van der Waals surface area (Å²) in [7, 11) is 0. The van der Waals surface area contributed by atoms with Crippen molar-refractivity contribution in [2.24, 2.45) is 0 Å². The molecule has 2 aliphatic rings. The lowest BCUT2D eigenvalue weighted by Crippen LogP contribution is -2.43. The second kappa shape index (κ2) is 3.63. The summed E-state index contributed by atoms with van der Waals surface area (Å²) in [5.41, 5.74) is 6.66. The third-order valence-electron chi connectivity index (χ3n) is 3.36. The number of nitrogen functional groups attached to an aromatic ring is 1. The minimum Gasteiger partial charge on any atom is -0.399 e. The molecule has 3 rings (SSSR count). The molecule has 0 aliphatic carbocycles. The maximum Gasteiger partial charge on any atom is 0.148 e. The van der Waals surface area contributed by atoms with Gasteiger partial charge >= 0.3 is 0 Å². The molecule has 2 heterocycles. The van der Waals surface area contributed by atoms with Gasteiger partial charge in [-0.05, 0) is 31.0 Å². The Kier molecular flexibility index (Phi) is 2.24. The summed E-state index contributed by atoms with van der Waals surface area (Å²) >= 11 is 0. The Morgan fingerprint density at radius 2 is 1.94 bits per heavy atom. The van der Waals surface area contributed by atoms with E-state index in [1.54, 1.807) is 12.1 Å². The third kappa shape index (κ3) is 1.63. The number of rotatable bonds is 1. The Labute approximate surface area is 94.0 Å². The molecular formula is C12H15FN2O. The van der Waals surface area contributed by atoms with E-state index in [1.807, 2.05) is 0 Å². The van der Waals surface area contributed by atoms with Gasteiger partial charge in [-0.1, -0.05) is 0 Å². The van der Waals surface area contributed by atoms with Crippen molar-refractivity contribution in [1.82, 2.24) is 0 Å². The fraction of sp³-hybridized carbons (Fsp3) is 0.500. The summed E-state index contributed by atoms with van der Waals surface area (Å²) in [5.74, 6) is -0.235. The molecular weight excluding hydrogens is 207 g/mol. The number of fused-ring (bicyclic) bond motifs is 2. The standard InChI is InChI=1S/C12H15FN2O/c13-11-5-8(14)1-4-12(11)15-6-9-2-3-10(7-15)16-9/h1,4-5,9-10H,2-3,6-7,14H2. The molecule has 86 valence electrons. The number of halogens is 1. The van der Waals surface area contributed by atoms with E-state index >= 15 is 0 Å². The Bertz CT molecular complexity index is 398. The van der Waals surface area contributed by atoms with E-state index in [1.165, 1.54) is 6.07 Å². The van der Waals surface area contributed by atoms with Gasteiger partial charge in [0.1, 0.15) is 5.82 Å². The zero-order valence-corrected chi connectivity index (χ0v) is 9.03. The van der Waals surface area contributed by atoms with Crippen LogP contribution in [0.1, 0.15) is 12.8 Å². The molecule has 3 nitrogen and oxygen atoms in total. The maximum atomic E-state index is 13.7. The molecule has 0 amide bonds. The summed E-state index contributed by atoms with van der Waals surface area (Å²) in [4.78, 5) is 2.07. The molecule has 0 spiro atoms. The molecule has 2 unspecified atom stereocenters. The van der Waals surface area contributed by atoms with Crippen LogP contribution in [0.15, 0.2) is 18.2 Å². The first-order valence-electron chi connectivity index (χ1n) is 5.68. The molecule has 2 aliphatic heterocycles. The van der Waals surface area contributed by atoms with Crippen molar-refractivity contribution in [3.63, 3.8) is 0 Å². The predicted molar refractivity (Wildman–Crippen MR) is 60.9 cm³/mol. The van der Waals surface area contributed by atoms with Gasteiger partial charge in [0.05, 0.1) is 17.9 Å². The molecule has 0 saturated carbocycles. The minimum absolute atomic E-state index is 0.235. The number of nitrogens with zero attached hydrogens (tertiary/aromatic N) is 1. The van der Waals surface area contributed by atoms with Crippen molar-refractivity contribution in [2.75, 3.05) is 23.7 Å². The van der Waals surface area contributed by atoms with Crippen LogP contribution in [0.4, 0.5) is 15.8 Å². The fourth-order valence-electron chi connectivity index (χ4n) is 2.59. The maximum absolute atomic E-state index is 13.7. The van der Waals surface area contributed by atoms with Crippen LogP contribution in [-0.2, 0) is 4.74 Å². The summed E-state index contributed by atoms with van der Waals surface area (Å²) in [5, 5.41) is 0. The number of morpholine rings is 1. The minimum atomic E-state index is -0.235. The zero-order valence-electron chi connectivity index (χ0n) is 9.03. The number of hydrogen-bond acceptors (Lipinski definition) is 3. The van der Waals surface area contributed by atoms with E-state index in [0.29, 0.717) is 11.4 Å². The molecule has 1 aromatic rings. The second-order valence-electron chi connectivity index (χ2n) is 4.57. The highest BCUT2D eigenvalue weighted by molar-refractivity contribution is 5.55. The first-order valence-corrected chi connectivity index (χ1v) is 5.68. The SMILES string of the molecule is Nc1ccc(N2CC3CCC(C2)O3)c(F)c1. The number of nitrogens with two attached hydrogens (primary N) is 1. The van der Waals surface area contributed by atoms with E-state index in [0.717, 1.165) is 25.9 Å². The molecule has 2 fully saturated rings. The monoisotopic (exact) mass is 222 g/mol. The Morgan fingerprint density at radius 3 is 2.56 bits per heavy atom. The van der Waals surface area contributed by atoms with Crippen molar-refractivity contribution in [1.29, 1.82) is 0 Å². The third-order valence-corrected chi connectivity index (χ3v) is 3.36. The Hall–Kier alpha value is -1.29. The van der Waals surface area contributed by atoms with E-state index in [4.69, 9.17) is 10.5 Å². The van der Waals surface area contributed by atoms with Gasteiger partial charge in [-0.3, -0.25) is 0 Å². The lowest BCUT2D eigenvalue weighted by Gasteiger charge is -2.34. The summed E-state index contributed by atoms with van der Waals surface area (Å²) in [6.45, 7) is 1.58. The quantitative estimate of drug-likeness (QED) is 0.736. The van der Waals surface area contributed by atoms with Gasteiger partial charge in [-0.25, -0.2) is 4.39 Å². The van der Waals surface area contributed by atoms with Crippen molar-refractivity contribution >= 4 is 11.4 Å². The average Bonchev–Trinajstić information content (AvgIpc) is 2.58. The average molecular weight is 222 g/mol. The van der Waals surface area contributed by atoms with Gasteiger partial charge in [0.25, 0.3) is 0 Å². The van der Waals surface area contributed by atoms with Gasteiger partial charge < -0.3 is 15.4 Å². The first-order chi connectivity index (χ1) is 7.72. The van der Waals surface area contributed by atoms with Crippen molar-refractivity contribution in [2.45, 2.75) is 25.0 Å². The second-order valence-corrected chi connectivity index (χ2v) is 4.57. The highest BCUT2D eigenvalue weighted by Crippen LogP contribution is 2.31. The van der Waals surface area contributed by atoms with Crippen LogP contribution in [0.25, 0.3) is 0 Å². The van der Waals surface area contributed by atoms with Gasteiger partial charge in [-0.2, -0.15) is 0 Å². The van der Waals surface area contributed by atoms with Gasteiger partial charge in [0.2, 0.25) is 0 Å². The van der Waals surface area contributed by atoms with Gasteiger partial charge in [-0.15, -0.1) is 0 Å². The summed E-state index contributed by atoms with van der Waals surface area (Å²) < 4.78 is 19.5. The van der Waals surface area contributed by atoms with E-state index < -0.39 is 0 Å². The van der Waals surface area contributed by atoms with Crippen LogP contribution in [0.3, 0.4) is 0 Å². The zero-order chi connectivity index (χ0) is 11.1. The van der Waals surface area contributed by atoms with Crippen LogP contribution in [-0.4, -0.2) is 25.3 Å². The molecule has 2 atom stereocenters. The van der Waals surface area contributed by atoms with Crippen LogP contribution < -0.4 is 10.6 Å². The lowest BCUT2D eigenvalue weighted by molar-refractivity contribution is 0.0303. The molecule has 4 heteroatoms. The molecule has 2 saturated heterocycles. The fourth-order valence-corrected chi connectivity index (χ4v) is 2.59. The molecule has 2 N–H and O–H groups in total. The Balaban J connectivity index is 1.87. The molecule has 1 aromatic carbocycles. The smallest absolute Gasteiger partial charge is 0.148 e. The van der Waals surface area contributed by atoms with Crippen molar-refractivity contribution in [3.8, 4) is 0 Å². The van der Waals surface area contributed by atoms with Crippen LogP contribution in [0, 0.1) is 5.82 Å². The van der Waals surface area contributed by atoms with Crippen LogP contribution in [0.5, 0.6) is 0 Å². The van der Waals surface area contributed by atoms with Gasteiger partial charge in [0.15, 0.2) is 0 Å². The van der Waals surface area contributed by atoms with E-state index in [9.17, 15) is 4.39 Å². The normalized spacial score (nSPS) is 28.4. The molecule has 2 bridgehead atoms. The van der Waals surface area contributed by atoms with Gasteiger partial charge in [0, 0.05) is 18.8 Å². The largest absolute Gasteiger partial charge is 0.399 e. The lowest BCUT2D eigenvalue weighted by atomic mass is 10.2. The molecule has 16 heavy (non-hydrogen) atoms. The number of anilines is 2. The number of hydrogen-bond donors (Lipinski definition) is 1. The number of ether oxygens (including phenoxy) is 1. The van der Waals surface area contributed by atoms with Crippen molar-refractivity contribution < 1.29 is 9.13 Å². The highest BCUT2D eigenvalue weighted by atomic mass is 19.1. The molecule has 0 radical (unpaired) electrons. The van der Waals surface area contributed by atoms with Crippen LogP contribution >= 0.6 is 0 Å². The predicted octanol–water partition coefficient (Wildman–Crippen LogP) is 1.78. The first kappa shape index (κ1) is 9.90. The Morgan fingerprint density at radius 1 is 1.25 bits per heavy atom. The topological polar surface area (TPSA) is 38.5 Å². The van der Waals surface area contributed by atoms with E-state index in [-0.39, 0.29) is 18.0 Å². The van der Waals surface area contributed by atoms with E-state index in [2.05, 4.69) is 4.90 Å². The highest BCUT2D eigenvalue weighted by Gasteiger charge is 2.34. The molecule has 0 aromatic heterocycles. The summed E-state index contributed by atoms with van der Waals surface area (Å²) in [6, 6.07) is 4.89. The van der Waals surface area contributed by atoms with Crippen molar-refractivity contribution in [3.05, 3.63) is 24.0 Å². The van der Waals surface area contributed by atoms with Crippen LogP contribution in [0.2, 0.25) is 0 Å². The number of benzene rings is 1. The summed E-state index contributed by atoms with van der Waals surface area (Å²) in [6.07, 6.45) is 2.74.